The molecule has 1 heterocycles. The van der Waals surface area contributed by atoms with Crippen molar-refractivity contribution in [3.63, 3.8) is 0 Å². The van der Waals surface area contributed by atoms with Crippen LogP contribution in [-0.2, 0) is 4.74 Å². The summed E-state index contributed by atoms with van der Waals surface area (Å²) in [6.45, 7) is 4.68. The van der Waals surface area contributed by atoms with Gasteiger partial charge in [-0.2, -0.15) is 0 Å². The molecule has 0 saturated heterocycles. The van der Waals surface area contributed by atoms with Crippen LogP contribution in [0, 0.1) is 13.0 Å². The van der Waals surface area contributed by atoms with Crippen LogP contribution in [0.1, 0.15) is 41.8 Å². The van der Waals surface area contributed by atoms with E-state index in [1.165, 1.54) is 12.1 Å². The molecule has 0 aliphatic carbocycles. The van der Waals surface area contributed by atoms with Crippen molar-refractivity contribution in [1.82, 2.24) is 0 Å². The van der Waals surface area contributed by atoms with Crippen molar-refractivity contribution >= 4 is 74.3 Å². The Kier molecular flexibility index (Phi) is 8.48. The number of carbonyl (C=O) groups is 1. The van der Waals surface area contributed by atoms with Gasteiger partial charge in [-0.15, -0.1) is 0 Å². The molecule has 7 heteroatoms. The largest absolute Gasteiger partial charge is 0.493 e. The van der Waals surface area contributed by atoms with Crippen LogP contribution >= 0.6 is 45.2 Å². The number of hydrogen-bond acceptors (Lipinski definition) is 4. The maximum Gasteiger partial charge on any atom is 0.338 e. The van der Waals surface area contributed by atoms with Crippen LogP contribution in [0.4, 0.5) is 4.39 Å². The van der Waals surface area contributed by atoms with Gasteiger partial charge in [-0.25, -0.2) is 9.18 Å². The molecule has 0 bridgehead atoms. The second-order valence-electron chi connectivity index (χ2n) is 7.77. The minimum absolute atomic E-state index is 0.283. The van der Waals surface area contributed by atoms with Gasteiger partial charge in [-0.1, -0.05) is 31.2 Å². The van der Waals surface area contributed by atoms with E-state index in [4.69, 9.17) is 13.9 Å². The zero-order valence-corrected chi connectivity index (χ0v) is 23.6. The third-order valence-corrected chi connectivity index (χ3v) is 7.01. The fourth-order valence-corrected chi connectivity index (χ4v) is 5.06. The predicted molar refractivity (Wildman–Crippen MR) is 154 cm³/mol. The summed E-state index contributed by atoms with van der Waals surface area (Å²) in [5, 5.41) is 0.735. The van der Waals surface area contributed by atoms with Gasteiger partial charge in [-0.05, 0) is 107 Å². The molecule has 0 saturated carbocycles. The van der Waals surface area contributed by atoms with Crippen molar-refractivity contribution in [1.29, 1.82) is 0 Å². The maximum absolute atomic E-state index is 13.8. The zero-order valence-electron chi connectivity index (χ0n) is 19.2. The van der Waals surface area contributed by atoms with Crippen molar-refractivity contribution in [2.24, 2.45) is 0 Å². The van der Waals surface area contributed by atoms with E-state index in [1.54, 1.807) is 19.1 Å². The van der Waals surface area contributed by atoms with E-state index in [-0.39, 0.29) is 11.8 Å². The predicted octanol–water partition coefficient (Wildman–Crippen LogP) is 8.58. The Morgan fingerprint density at radius 1 is 1.03 bits per heavy atom. The van der Waals surface area contributed by atoms with Crippen LogP contribution in [0.3, 0.4) is 0 Å². The van der Waals surface area contributed by atoms with Crippen molar-refractivity contribution in [2.45, 2.75) is 20.3 Å². The van der Waals surface area contributed by atoms with Crippen molar-refractivity contribution < 1.29 is 23.1 Å². The van der Waals surface area contributed by atoms with Gasteiger partial charge in [-0.3, -0.25) is 0 Å². The lowest BCUT2D eigenvalue weighted by molar-refractivity contribution is 0.0525. The van der Waals surface area contributed by atoms with E-state index in [0.717, 1.165) is 30.1 Å². The van der Waals surface area contributed by atoms with Crippen LogP contribution in [0.25, 0.3) is 34.4 Å². The number of carbonyl (C=O) groups excluding carboxylic acids is 1. The van der Waals surface area contributed by atoms with Crippen molar-refractivity contribution in [3.8, 4) is 17.1 Å². The minimum Gasteiger partial charge on any atom is -0.493 e. The molecular formula is C28H23FI2O4. The summed E-state index contributed by atoms with van der Waals surface area (Å²) >= 11 is 4.36. The Bertz CT molecular complexity index is 1410. The van der Waals surface area contributed by atoms with E-state index in [1.807, 2.05) is 49.4 Å². The number of benzene rings is 3. The average molecular weight is 696 g/mol. The topological polar surface area (TPSA) is 48.7 Å². The molecule has 0 radical (unpaired) electrons. The second kappa shape index (κ2) is 11.6. The molecule has 0 aliphatic heterocycles. The molecular weight excluding hydrogens is 673 g/mol. The molecule has 180 valence electrons. The van der Waals surface area contributed by atoms with E-state index >= 15 is 0 Å². The van der Waals surface area contributed by atoms with Crippen LogP contribution in [0.5, 0.6) is 5.75 Å². The summed E-state index contributed by atoms with van der Waals surface area (Å²) in [7, 11) is 0. The Morgan fingerprint density at radius 3 is 2.60 bits per heavy atom. The second-order valence-corrected chi connectivity index (χ2v) is 10.1. The molecule has 1 aromatic heterocycles. The number of rotatable bonds is 8. The van der Waals surface area contributed by atoms with Gasteiger partial charge < -0.3 is 13.9 Å². The Balaban J connectivity index is 1.67. The first kappa shape index (κ1) is 25.7. The summed E-state index contributed by atoms with van der Waals surface area (Å²) in [6, 6.07) is 16.2. The molecule has 0 spiro atoms. The summed E-state index contributed by atoms with van der Waals surface area (Å²) < 4.78 is 32.7. The minimum atomic E-state index is -0.380. The lowest BCUT2D eigenvalue weighted by Crippen LogP contribution is -2.08. The van der Waals surface area contributed by atoms with Gasteiger partial charge >= 0.3 is 5.97 Å². The van der Waals surface area contributed by atoms with Gasteiger partial charge in [0.05, 0.1) is 22.3 Å². The lowest BCUT2D eigenvalue weighted by Gasteiger charge is -2.12. The molecule has 0 N–H and O–H groups in total. The SMILES string of the molecule is CCCOc1cccc(C(=O)OCC)c1C=Cc1ccc(-c2cc3cc(F)cc(I)c3o2)cc1I. The van der Waals surface area contributed by atoms with Crippen molar-refractivity contribution in [3.05, 3.63) is 84.2 Å². The third kappa shape index (κ3) is 5.88. The average Bonchev–Trinajstić information content (AvgIpc) is 3.26. The summed E-state index contributed by atoms with van der Waals surface area (Å²) in [5.74, 6) is 0.661. The van der Waals surface area contributed by atoms with E-state index in [2.05, 4.69) is 45.2 Å². The molecule has 3 aromatic carbocycles. The summed E-state index contributed by atoms with van der Waals surface area (Å²) in [5.41, 5.74) is 3.71. The third-order valence-electron chi connectivity index (χ3n) is 5.27. The molecule has 0 atom stereocenters. The highest BCUT2D eigenvalue weighted by Gasteiger charge is 2.16. The Hall–Kier alpha value is -2.40. The number of halogens is 3. The van der Waals surface area contributed by atoms with E-state index in [9.17, 15) is 9.18 Å². The van der Waals surface area contributed by atoms with Crippen LogP contribution in [0.2, 0.25) is 0 Å². The molecule has 0 unspecified atom stereocenters. The maximum atomic E-state index is 13.8. The molecule has 4 rings (SSSR count). The fraction of sp³-hybridized carbons (Fsp3) is 0.179. The fourth-order valence-electron chi connectivity index (χ4n) is 3.65. The first-order valence-corrected chi connectivity index (χ1v) is 13.4. The van der Waals surface area contributed by atoms with Crippen LogP contribution in [-0.4, -0.2) is 19.2 Å². The molecule has 4 aromatic rings. The number of fused-ring (bicyclic) bond motifs is 1. The zero-order chi connectivity index (χ0) is 24.9. The van der Waals surface area contributed by atoms with Crippen LogP contribution in [0.15, 0.2) is 59.0 Å². The number of esters is 1. The summed E-state index contributed by atoms with van der Waals surface area (Å²) in [6.07, 6.45) is 4.71. The summed E-state index contributed by atoms with van der Waals surface area (Å²) in [4.78, 5) is 12.5. The quantitative estimate of drug-likeness (QED) is 0.105. The first-order valence-electron chi connectivity index (χ1n) is 11.2. The highest BCUT2D eigenvalue weighted by Crippen LogP contribution is 2.33. The molecule has 35 heavy (non-hydrogen) atoms. The lowest BCUT2D eigenvalue weighted by atomic mass is 10.0. The molecule has 0 fully saturated rings. The highest BCUT2D eigenvalue weighted by atomic mass is 127. The van der Waals surface area contributed by atoms with Gasteiger partial charge in [0.15, 0.2) is 0 Å². The number of ether oxygens (including phenoxy) is 2. The highest BCUT2D eigenvalue weighted by molar-refractivity contribution is 14.1. The van der Waals surface area contributed by atoms with E-state index in [0.29, 0.717) is 41.4 Å². The standard InChI is InChI=1S/C28H23FI2O4/c1-3-12-34-25-7-5-6-22(28(32)33-4-2)21(25)11-10-17-8-9-18(14-23(17)30)26-15-19-13-20(29)16-24(31)27(19)35-26/h5-11,13-16H,3-4,12H2,1-2H3. The molecule has 4 nitrogen and oxygen atoms in total. The Labute approximate surface area is 230 Å². The Morgan fingerprint density at radius 2 is 1.86 bits per heavy atom. The van der Waals surface area contributed by atoms with Crippen molar-refractivity contribution in [2.75, 3.05) is 13.2 Å². The van der Waals surface area contributed by atoms with Gasteiger partial charge in [0, 0.05) is 20.1 Å². The number of furan rings is 1. The number of hydrogen-bond donors (Lipinski definition) is 0. The van der Waals surface area contributed by atoms with Crippen LogP contribution < -0.4 is 4.74 Å². The normalized spacial score (nSPS) is 11.3. The monoisotopic (exact) mass is 696 g/mol. The molecule has 0 amide bonds. The first-order chi connectivity index (χ1) is 16.9. The van der Waals surface area contributed by atoms with E-state index < -0.39 is 0 Å². The van der Waals surface area contributed by atoms with Gasteiger partial charge in [0.2, 0.25) is 0 Å². The smallest absolute Gasteiger partial charge is 0.338 e. The van der Waals surface area contributed by atoms with Gasteiger partial charge in [0.25, 0.3) is 0 Å². The van der Waals surface area contributed by atoms with Gasteiger partial charge in [0.1, 0.15) is 22.9 Å². The molecule has 0 aliphatic rings.